The summed E-state index contributed by atoms with van der Waals surface area (Å²) in [5.41, 5.74) is -0.0610. The number of rotatable bonds is 6. The number of nitrogens with zero attached hydrogens (tertiary/aromatic N) is 3. The van der Waals surface area contributed by atoms with Crippen LogP contribution in [0.1, 0.15) is 56.8 Å². The Morgan fingerprint density at radius 2 is 2.08 bits per heavy atom. The van der Waals surface area contributed by atoms with Gasteiger partial charge in [-0.3, -0.25) is 4.90 Å². The minimum Gasteiger partial charge on any atom is -0.497 e. The quantitative estimate of drug-likeness (QED) is 0.867. The predicted octanol–water partition coefficient (Wildman–Crippen LogP) is 3.07. The Kier molecular flexibility index (Phi) is 5.11. The van der Waals surface area contributed by atoms with E-state index in [0.29, 0.717) is 18.3 Å². The molecule has 0 amide bonds. The summed E-state index contributed by atoms with van der Waals surface area (Å²) >= 11 is 0. The molecule has 2 atom stereocenters. The van der Waals surface area contributed by atoms with Gasteiger partial charge in [-0.15, -0.1) is 0 Å². The van der Waals surface area contributed by atoms with Gasteiger partial charge in [0.1, 0.15) is 11.4 Å². The SMILES string of the molecule is COc1ccc(C(C)(O)C2CCCN2Cc2noc(C(C)C)n2)cc1. The number of hydrogen-bond acceptors (Lipinski definition) is 6. The maximum atomic E-state index is 11.2. The molecule has 2 unspecified atom stereocenters. The highest BCUT2D eigenvalue weighted by Crippen LogP contribution is 2.36. The van der Waals surface area contributed by atoms with E-state index in [1.807, 2.05) is 45.0 Å². The maximum Gasteiger partial charge on any atom is 0.229 e. The van der Waals surface area contributed by atoms with Crippen LogP contribution in [0.2, 0.25) is 0 Å². The molecule has 1 fully saturated rings. The summed E-state index contributed by atoms with van der Waals surface area (Å²) in [6.07, 6.45) is 1.99. The Hall–Kier alpha value is -1.92. The molecule has 1 N–H and O–H groups in total. The average Bonchev–Trinajstić information content (AvgIpc) is 3.25. The van der Waals surface area contributed by atoms with Crippen LogP contribution in [-0.4, -0.2) is 39.8 Å². The van der Waals surface area contributed by atoms with Gasteiger partial charge in [-0.25, -0.2) is 0 Å². The highest BCUT2D eigenvalue weighted by atomic mass is 16.5. The van der Waals surface area contributed by atoms with Gasteiger partial charge < -0.3 is 14.4 Å². The van der Waals surface area contributed by atoms with Crippen LogP contribution in [0.4, 0.5) is 0 Å². The largest absolute Gasteiger partial charge is 0.497 e. The Bertz CT molecular complexity index is 694. The van der Waals surface area contributed by atoms with Crippen molar-refractivity contribution >= 4 is 0 Å². The lowest BCUT2D eigenvalue weighted by atomic mass is 9.86. The maximum absolute atomic E-state index is 11.2. The molecule has 0 aliphatic carbocycles. The Labute approximate surface area is 148 Å². The second-order valence-electron chi connectivity index (χ2n) is 7.21. The smallest absolute Gasteiger partial charge is 0.229 e. The van der Waals surface area contributed by atoms with Crippen LogP contribution in [0.5, 0.6) is 5.75 Å². The van der Waals surface area contributed by atoms with E-state index in [1.165, 1.54) is 0 Å². The average molecular weight is 345 g/mol. The van der Waals surface area contributed by atoms with E-state index in [0.717, 1.165) is 30.7 Å². The zero-order chi connectivity index (χ0) is 18.0. The van der Waals surface area contributed by atoms with E-state index in [2.05, 4.69) is 15.0 Å². The lowest BCUT2D eigenvalue weighted by molar-refractivity contribution is -0.0262. The zero-order valence-electron chi connectivity index (χ0n) is 15.4. The van der Waals surface area contributed by atoms with Crippen LogP contribution >= 0.6 is 0 Å². The van der Waals surface area contributed by atoms with Crippen molar-refractivity contribution in [3.05, 3.63) is 41.5 Å². The summed E-state index contributed by atoms with van der Waals surface area (Å²) in [6.45, 7) is 7.46. The van der Waals surface area contributed by atoms with Crippen molar-refractivity contribution in [3.8, 4) is 5.75 Å². The molecular formula is C19H27N3O3. The van der Waals surface area contributed by atoms with Crippen LogP contribution in [-0.2, 0) is 12.1 Å². The zero-order valence-corrected chi connectivity index (χ0v) is 15.4. The Balaban J connectivity index is 1.76. The first-order valence-corrected chi connectivity index (χ1v) is 8.85. The molecule has 136 valence electrons. The molecule has 1 aromatic carbocycles. The van der Waals surface area contributed by atoms with Crippen LogP contribution in [0, 0.1) is 0 Å². The molecule has 1 saturated heterocycles. The standard InChI is InChI=1S/C19H27N3O3/c1-13(2)18-20-17(21-25-18)12-22-11-5-6-16(22)19(3,23)14-7-9-15(24-4)10-8-14/h7-10,13,16,23H,5-6,11-12H2,1-4H3. The number of likely N-dealkylation sites (tertiary alicyclic amines) is 1. The third-order valence-electron chi connectivity index (χ3n) is 5.01. The summed E-state index contributed by atoms with van der Waals surface area (Å²) in [4.78, 5) is 6.72. The molecule has 6 heteroatoms. The number of hydrogen-bond donors (Lipinski definition) is 1. The summed E-state index contributed by atoms with van der Waals surface area (Å²) in [6, 6.07) is 7.65. The van der Waals surface area contributed by atoms with Gasteiger partial charge in [-0.1, -0.05) is 31.1 Å². The minimum absolute atomic E-state index is 0.0156. The van der Waals surface area contributed by atoms with Crippen molar-refractivity contribution < 1.29 is 14.4 Å². The van der Waals surface area contributed by atoms with Crippen molar-refractivity contribution in [3.63, 3.8) is 0 Å². The van der Waals surface area contributed by atoms with Crippen LogP contribution < -0.4 is 4.74 Å². The van der Waals surface area contributed by atoms with Gasteiger partial charge in [0.15, 0.2) is 5.82 Å². The lowest BCUT2D eigenvalue weighted by Gasteiger charge is -2.36. The van der Waals surface area contributed by atoms with Gasteiger partial charge in [0.05, 0.1) is 13.7 Å². The van der Waals surface area contributed by atoms with Gasteiger partial charge in [-0.05, 0) is 44.0 Å². The summed E-state index contributed by atoms with van der Waals surface area (Å²) in [7, 11) is 1.64. The van der Waals surface area contributed by atoms with E-state index < -0.39 is 5.60 Å². The summed E-state index contributed by atoms with van der Waals surface area (Å²) < 4.78 is 10.5. The minimum atomic E-state index is -0.951. The third kappa shape index (κ3) is 3.70. The highest BCUT2D eigenvalue weighted by molar-refractivity contribution is 5.31. The molecule has 1 aromatic heterocycles. The lowest BCUT2D eigenvalue weighted by Crippen LogP contribution is -2.45. The number of benzene rings is 1. The molecule has 2 aromatic rings. The molecule has 0 bridgehead atoms. The Morgan fingerprint density at radius 1 is 1.36 bits per heavy atom. The van der Waals surface area contributed by atoms with Crippen molar-refractivity contribution in [1.82, 2.24) is 15.0 Å². The van der Waals surface area contributed by atoms with E-state index >= 15 is 0 Å². The monoisotopic (exact) mass is 345 g/mol. The molecule has 3 rings (SSSR count). The van der Waals surface area contributed by atoms with Gasteiger partial charge in [0, 0.05) is 12.0 Å². The molecule has 0 saturated carbocycles. The van der Waals surface area contributed by atoms with Crippen molar-refractivity contribution in [2.24, 2.45) is 0 Å². The molecule has 1 aliphatic rings. The normalized spacial score (nSPS) is 20.8. The van der Waals surface area contributed by atoms with Crippen molar-refractivity contribution in [2.75, 3.05) is 13.7 Å². The number of ether oxygens (including phenoxy) is 1. The van der Waals surface area contributed by atoms with Crippen LogP contribution in [0.25, 0.3) is 0 Å². The highest BCUT2D eigenvalue weighted by Gasteiger charge is 2.40. The second-order valence-corrected chi connectivity index (χ2v) is 7.21. The van der Waals surface area contributed by atoms with Gasteiger partial charge >= 0.3 is 0 Å². The van der Waals surface area contributed by atoms with Crippen LogP contribution in [0.15, 0.2) is 28.8 Å². The van der Waals surface area contributed by atoms with E-state index in [9.17, 15) is 5.11 Å². The molecule has 0 radical (unpaired) electrons. The predicted molar refractivity (Wildman–Crippen MR) is 94.4 cm³/mol. The van der Waals surface area contributed by atoms with Crippen LogP contribution in [0.3, 0.4) is 0 Å². The molecule has 1 aliphatic heterocycles. The van der Waals surface area contributed by atoms with Crippen molar-refractivity contribution in [2.45, 2.75) is 57.7 Å². The number of aliphatic hydroxyl groups is 1. The van der Waals surface area contributed by atoms with Gasteiger partial charge in [-0.2, -0.15) is 4.98 Å². The molecule has 25 heavy (non-hydrogen) atoms. The third-order valence-corrected chi connectivity index (χ3v) is 5.01. The molecule has 6 nitrogen and oxygen atoms in total. The first kappa shape index (κ1) is 17.9. The second kappa shape index (κ2) is 7.14. The fourth-order valence-corrected chi connectivity index (χ4v) is 3.52. The van der Waals surface area contributed by atoms with E-state index in [-0.39, 0.29) is 12.0 Å². The first-order valence-electron chi connectivity index (χ1n) is 8.85. The number of methoxy groups -OCH3 is 1. The molecule has 0 spiro atoms. The van der Waals surface area contributed by atoms with Crippen molar-refractivity contribution in [1.29, 1.82) is 0 Å². The fourth-order valence-electron chi connectivity index (χ4n) is 3.52. The summed E-state index contributed by atoms with van der Waals surface area (Å²) in [5, 5.41) is 15.3. The summed E-state index contributed by atoms with van der Waals surface area (Å²) in [5.74, 6) is 2.35. The molecular weight excluding hydrogens is 318 g/mol. The molecule has 2 heterocycles. The topological polar surface area (TPSA) is 71.6 Å². The van der Waals surface area contributed by atoms with E-state index in [4.69, 9.17) is 9.26 Å². The first-order chi connectivity index (χ1) is 11.9. The number of aromatic nitrogens is 2. The van der Waals surface area contributed by atoms with E-state index in [1.54, 1.807) is 7.11 Å². The fraction of sp³-hybridized carbons (Fsp3) is 0.579. The van der Waals surface area contributed by atoms with Gasteiger partial charge in [0.2, 0.25) is 5.89 Å². The Morgan fingerprint density at radius 3 is 2.68 bits per heavy atom. The van der Waals surface area contributed by atoms with Gasteiger partial charge in [0.25, 0.3) is 0 Å².